The summed E-state index contributed by atoms with van der Waals surface area (Å²) in [7, 11) is -3.59. The van der Waals surface area contributed by atoms with Crippen molar-refractivity contribution in [3.63, 3.8) is 0 Å². The highest BCUT2D eigenvalue weighted by molar-refractivity contribution is 14.0. The average Bonchev–Trinajstić information content (AvgIpc) is 3.09. The van der Waals surface area contributed by atoms with Crippen LogP contribution in [0.1, 0.15) is 18.1 Å². The lowest BCUT2D eigenvalue weighted by Crippen LogP contribution is -2.40. The van der Waals surface area contributed by atoms with Gasteiger partial charge in [-0.15, -0.1) is 24.0 Å². The Kier molecular flexibility index (Phi) is 10.0. The fourth-order valence-corrected chi connectivity index (χ4v) is 3.70. The van der Waals surface area contributed by atoms with Crippen LogP contribution in [0.5, 0.6) is 0 Å². The number of sulfonamides is 1. The maximum atomic E-state index is 13.5. The van der Waals surface area contributed by atoms with Crippen LogP contribution >= 0.6 is 35.3 Å². The Morgan fingerprint density at radius 2 is 2.04 bits per heavy atom. The molecule has 0 saturated heterocycles. The molecule has 0 atom stereocenters. The quantitative estimate of drug-likeness (QED) is 0.280. The minimum absolute atomic E-state index is 0. The number of guanidine groups is 1. The predicted octanol–water partition coefficient (Wildman–Crippen LogP) is 3.31. The zero-order valence-electron chi connectivity index (χ0n) is 15.2. The number of aryl methyl sites for hydroxylation is 1. The molecule has 0 bridgehead atoms. The van der Waals surface area contributed by atoms with Gasteiger partial charge in [0.2, 0.25) is 10.0 Å². The molecule has 2 rings (SSSR count). The number of hydrogen-bond donors (Lipinski definition) is 3. The Morgan fingerprint density at radius 3 is 2.67 bits per heavy atom. The number of halogens is 2. The van der Waals surface area contributed by atoms with E-state index in [1.54, 1.807) is 18.3 Å². The van der Waals surface area contributed by atoms with Crippen LogP contribution in [0.15, 0.2) is 40.0 Å². The topological polar surface area (TPSA) is 82.6 Å². The number of benzene rings is 1. The van der Waals surface area contributed by atoms with Crippen molar-refractivity contribution in [2.45, 2.75) is 20.4 Å². The number of rotatable bonds is 8. The standard InChI is InChI=1S/C17H23FN4O2S2.HI/c1-3-19-17(21-11-14-6-8-25-12-14)20-7-9-26(23,24)22-15-5-4-13(2)16(18)10-15;/h4-6,8,10,12,22H,3,7,9,11H2,1-2H3,(H2,19,20,21);1H. The van der Waals surface area contributed by atoms with Crippen LogP contribution in [-0.4, -0.2) is 33.2 Å². The summed E-state index contributed by atoms with van der Waals surface area (Å²) in [6, 6.07) is 6.24. The third-order valence-electron chi connectivity index (χ3n) is 3.45. The van der Waals surface area contributed by atoms with Gasteiger partial charge in [0, 0.05) is 13.1 Å². The first-order valence-electron chi connectivity index (χ1n) is 8.19. The molecule has 0 saturated carbocycles. The van der Waals surface area contributed by atoms with E-state index in [1.165, 1.54) is 18.2 Å². The van der Waals surface area contributed by atoms with Crippen LogP contribution in [-0.2, 0) is 16.6 Å². The van der Waals surface area contributed by atoms with Crippen LogP contribution in [0.2, 0.25) is 0 Å². The first-order valence-corrected chi connectivity index (χ1v) is 10.8. The maximum Gasteiger partial charge on any atom is 0.234 e. The molecule has 10 heteroatoms. The SMILES string of the molecule is CCNC(=NCc1ccsc1)NCCS(=O)(=O)Nc1ccc(C)c(F)c1.I. The van der Waals surface area contributed by atoms with Crippen molar-refractivity contribution in [1.82, 2.24) is 10.6 Å². The molecule has 2 aromatic rings. The summed E-state index contributed by atoms with van der Waals surface area (Å²) in [4.78, 5) is 4.42. The highest BCUT2D eigenvalue weighted by atomic mass is 127. The fourth-order valence-electron chi connectivity index (χ4n) is 2.09. The second-order valence-electron chi connectivity index (χ2n) is 5.64. The minimum atomic E-state index is -3.59. The van der Waals surface area contributed by atoms with Gasteiger partial charge in [0.1, 0.15) is 5.82 Å². The summed E-state index contributed by atoms with van der Waals surface area (Å²) in [5.74, 6) is -0.0562. The van der Waals surface area contributed by atoms with Crippen molar-refractivity contribution in [3.05, 3.63) is 52.0 Å². The maximum absolute atomic E-state index is 13.5. The molecule has 0 amide bonds. The molecule has 1 aromatic carbocycles. The summed E-state index contributed by atoms with van der Waals surface area (Å²) >= 11 is 1.60. The number of nitrogens with zero attached hydrogens (tertiary/aromatic N) is 1. The van der Waals surface area contributed by atoms with E-state index in [1.807, 2.05) is 23.8 Å². The van der Waals surface area contributed by atoms with Crippen molar-refractivity contribution in [2.75, 3.05) is 23.6 Å². The second kappa shape index (κ2) is 11.4. The van der Waals surface area contributed by atoms with Gasteiger partial charge in [-0.2, -0.15) is 11.3 Å². The zero-order chi connectivity index (χ0) is 19.0. The number of hydrogen-bond acceptors (Lipinski definition) is 4. The molecule has 0 spiro atoms. The van der Waals surface area contributed by atoms with Gasteiger partial charge in [0.05, 0.1) is 18.0 Å². The summed E-state index contributed by atoms with van der Waals surface area (Å²) in [6.45, 7) is 4.93. The third kappa shape index (κ3) is 8.43. The Labute approximate surface area is 180 Å². The highest BCUT2D eigenvalue weighted by Gasteiger charge is 2.12. The van der Waals surface area contributed by atoms with Crippen molar-refractivity contribution in [1.29, 1.82) is 0 Å². The van der Waals surface area contributed by atoms with E-state index in [-0.39, 0.29) is 42.0 Å². The molecule has 27 heavy (non-hydrogen) atoms. The molecule has 0 unspecified atom stereocenters. The molecule has 3 N–H and O–H groups in total. The summed E-state index contributed by atoms with van der Waals surface area (Å²) < 4.78 is 40.2. The van der Waals surface area contributed by atoms with Crippen molar-refractivity contribution in [2.24, 2.45) is 4.99 Å². The van der Waals surface area contributed by atoms with Crippen LogP contribution in [0.25, 0.3) is 0 Å². The van der Waals surface area contributed by atoms with Gasteiger partial charge < -0.3 is 10.6 Å². The van der Waals surface area contributed by atoms with Crippen molar-refractivity contribution >= 4 is 57.0 Å². The van der Waals surface area contributed by atoms with E-state index >= 15 is 0 Å². The van der Waals surface area contributed by atoms with E-state index in [0.29, 0.717) is 24.6 Å². The monoisotopic (exact) mass is 526 g/mol. The van der Waals surface area contributed by atoms with Gasteiger partial charge in [0.25, 0.3) is 0 Å². The van der Waals surface area contributed by atoms with Gasteiger partial charge in [-0.3, -0.25) is 4.72 Å². The summed E-state index contributed by atoms with van der Waals surface area (Å²) in [5, 5.41) is 10.1. The van der Waals surface area contributed by atoms with Crippen LogP contribution < -0.4 is 15.4 Å². The average molecular weight is 526 g/mol. The van der Waals surface area contributed by atoms with Crippen LogP contribution in [0.4, 0.5) is 10.1 Å². The number of aliphatic imine (C=N–C) groups is 1. The molecule has 1 aromatic heterocycles. The van der Waals surface area contributed by atoms with E-state index in [4.69, 9.17) is 0 Å². The zero-order valence-corrected chi connectivity index (χ0v) is 19.1. The lowest BCUT2D eigenvalue weighted by molar-refractivity contribution is 0.599. The van der Waals surface area contributed by atoms with Gasteiger partial charge in [0.15, 0.2) is 5.96 Å². The van der Waals surface area contributed by atoms with Gasteiger partial charge >= 0.3 is 0 Å². The Morgan fingerprint density at radius 1 is 1.26 bits per heavy atom. The lowest BCUT2D eigenvalue weighted by Gasteiger charge is -2.12. The van der Waals surface area contributed by atoms with E-state index < -0.39 is 15.8 Å². The summed E-state index contributed by atoms with van der Waals surface area (Å²) in [6.07, 6.45) is 0. The van der Waals surface area contributed by atoms with Crippen LogP contribution in [0, 0.1) is 12.7 Å². The molecule has 0 radical (unpaired) electrons. The molecular weight excluding hydrogens is 502 g/mol. The van der Waals surface area contributed by atoms with Gasteiger partial charge in [-0.05, 0) is 53.9 Å². The van der Waals surface area contributed by atoms with Gasteiger partial charge in [-0.25, -0.2) is 17.8 Å². The Bertz CT molecular complexity index is 843. The van der Waals surface area contributed by atoms with Gasteiger partial charge in [-0.1, -0.05) is 6.07 Å². The second-order valence-corrected chi connectivity index (χ2v) is 8.26. The first kappa shape index (κ1) is 23.6. The van der Waals surface area contributed by atoms with E-state index in [9.17, 15) is 12.8 Å². The fraction of sp³-hybridized carbons (Fsp3) is 0.353. The third-order valence-corrected chi connectivity index (χ3v) is 5.47. The molecule has 150 valence electrons. The van der Waals surface area contributed by atoms with E-state index in [0.717, 1.165) is 5.56 Å². The minimum Gasteiger partial charge on any atom is -0.357 e. The lowest BCUT2D eigenvalue weighted by atomic mass is 10.2. The molecule has 1 heterocycles. The van der Waals surface area contributed by atoms with E-state index in [2.05, 4.69) is 20.3 Å². The molecule has 0 aliphatic heterocycles. The summed E-state index contributed by atoms with van der Waals surface area (Å²) in [5.41, 5.74) is 1.78. The van der Waals surface area contributed by atoms with Crippen molar-refractivity contribution < 1.29 is 12.8 Å². The highest BCUT2D eigenvalue weighted by Crippen LogP contribution is 2.14. The Balaban J connectivity index is 0.00000364. The molecular formula is C17H24FIN4O2S2. The number of anilines is 1. The molecule has 0 aliphatic carbocycles. The van der Waals surface area contributed by atoms with Crippen LogP contribution in [0.3, 0.4) is 0 Å². The molecule has 0 fully saturated rings. The van der Waals surface area contributed by atoms with Crippen molar-refractivity contribution in [3.8, 4) is 0 Å². The molecule has 0 aliphatic rings. The first-order chi connectivity index (χ1) is 12.4. The normalized spacial score (nSPS) is 11.6. The smallest absolute Gasteiger partial charge is 0.234 e. The number of nitrogens with one attached hydrogen (secondary N) is 3. The molecule has 6 nitrogen and oxygen atoms in total. The largest absolute Gasteiger partial charge is 0.357 e. The number of thiophene rings is 1. The predicted molar refractivity (Wildman–Crippen MR) is 121 cm³/mol. The Hall–Kier alpha value is -1.40.